The van der Waals surface area contributed by atoms with Crippen LogP contribution in [-0.2, 0) is 0 Å². The van der Waals surface area contributed by atoms with Gasteiger partial charge in [0.25, 0.3) is 0 Å². The average molecular weight is 167 g/mol. The lowest BCUT2D eigenvalue weighted by Crippen LogP contribution is -2.36. The van der Waals surface area contributed by atoms with E-state index in [-0.39, 0.29) is 6.54 Å². The molecular formula is C4H9NO6. The monoisotopic (exact) mass is 167 g/mol. The lowest BCUT2D eigenvalue weighted by atomic mass is 10.6. The van der Waals surface area contributed by atoms with Crippen LogP contribution >= 0.6 is 0 Å². The van der Waals surface area contributed by atoms with Crippen LogP contribution in [0.1, 0.15) is 0 Å². The van der Waals surface area contributed by atoms with Crippen LogP contribution in [0.3, 0.4) is 0 Å². The van der Waals surface area contributed by atoms with Crippen molar-refractivity contribution in [3.63, 3.8) is 0 Å². The van der Waals surface area contributed by atoms with E-state index in [1.807, 2.05) is 0 Å². The summed E-state index contributed by atoms with van der Waals surface area (Å²) in [5.74, 6) is 0. The Morgan fingerprint density at radius 3 is 1.82 bits per heavy atom. The van der Waals surface area contributed by atoms with Crippen LogP contribution in [0.25, 0.3) is 0 Å². The van der Waals surface area contributed by atoms with Crippen LogP contribution in [0.15, 0.2) is 12.7 Å². The minimum Gasteiger partial charge on any atom is -0.565 e. The molecule has 11 heavy (non-hydrogen) atoms. The van der Waals surface area contributed by atoms with Gasteiger partial charge in [-0.2, -0.15) is 0 Å². The fourth-order valence-electron chi connectivity index (χ4n) is 0.173. The first-order valence-corrected chi connectivity index (χ1v) is 2.36. The SMILES string of the molecule is C=CC[N+](O)(O)O.O=C([O-])O. The lowest BCUT2D eigenvalue weighted by molar-refractivity contribution is -1.36. The van der Waals surface area contributed by atoms with Crippen molar-refractivity contribution in [2.75, 3.05) is 6.54 Å². The minimum atomic E-state index is -2.08. The molecular weight excluding hydrogens is 158 g/mol. The molecule has 0 fully saturated rings. The zero-order valence-corrected chi connectivity index (χ0v) is 5.54. The van der Waals surface area contributed by atoms with Gasteiger partial charge in [0.1, 0.15) is 0 Å². The van der Waals surface area contributed by atoms with Crippen LogP contribution < -0.4 is 5.11 Å². The Balaban J connectivity index is 0. The second kappa shape index (κ2) is 5.62. The molecule has 0 aliphatic carbocycles. The van der Waals surface area contributed by atoms with Crippen molar-refractivity contribution in [3.8, 4) is 0 Å². The molecule has 0 saturated carbocycles. The van der Waals surface area contributed by atoms with Gasteiger partial charge >= 0.3 is 0 Å². The predicted octanol–water partition coefficient (Wildman–Crippen LogP) is -0.955. The van der Waals surface area contributed by atoms with Crippen molar-refractivity contribution in [1.29, 1.82) is 0 Å². The third-order valence-electron chi connectivity index (χ3n) is 0.374. The molecule has 0 aromatic carbocycles. The zero-order valence-electron chi connectivity index (χ0n) is 5.54. The molecule has 7 nitrogen and oxygen atoms in total. The van der Waals surface area contributed by atoms with E-state index in [1.54, 1.807) is 0 Å². The fourth-order valence-corrected chi connectivity index (χ4v) is 0.173. The number of quaternary nitrogens is 1. The minimum absolute atomic E-state index is 0.292. The standard InChI is InChI=1S/C3H8NO3.CH2O3/c1-2-3-4(5,6)7;2-1(3)4/h2,5-7H,1,3H2;(H2,2,3,4)/q+1;/p-1. The molecule has 0 spiro atoms. The molecule has 66 valence electrons. The highest BCUT2D eigenvalue weighted by molar-refractivity contribution is 5.50. The van der Waals surface area contributed by atoms with Crippen LogP contribution in [0.5, 0.6) is 0 Å². The number of nitrogens with zero attached hydrogens (tertiary/aromatic N) is 1. The number of carbonyl (C=O) groups is 1. The molecule has 0 saturated heterocycles. The van der Waals surface area contributed by atoms with Gasteiger partial charge < -0.3 is 15.0 Å². The van der Waals surface area contributed by atoms with Crippen molar-refractivity contribution < 1.29 is 35.6 Å². The third kappa shape index (κ3) is 51.1. The highest BCUT2D eigenvalue weighted by Crippen LogP contribution is 1.84. The lowest BCUT2D eigenvalue weighted by Gasteiger charge is -2.06. The van der Waals surface area contributed by atoms with Crippen LogP contribution in [0.4, 0.5) is 4.79 Å². The summed E-state index contributed by atoms with van der Waals surface area (Å²) >= 11 is 0. The fraction of sp³-hybridized carbons (Fsp3) is 0.250. The van der Waals surface area contributed by atoms with Gasteiger partial charge in [0.2, 0.25) is 6.16 Å². The van der Waals surface area contributed by atoms with E-state index in [0.29, 0.717) is 0 Å². The highest BCUT2D eigenvalue weighted by atomic mass is 17.1. The van der Waals surface area contributed by atoms with Gasteiger partial charge in [-0.25, -0.2) is 0 Å². The van der Waals surface area contributed by atoms with Gasteiger partial charge in [-0.1, -0.05) is 6.58 Å². The van der Waals surface area contributed by atoms with Gasteiger partial charge in [0.05, 0.1) is 4.97 Å². The molecule has 0 heterocycles. The Morgan fingerprint density at radius 2 is 1.82 bits per heavy atom. The number of hydroxylamine groups is 3. The Bertz CT molecular complexity index is 123. The number of hydrogen-bond donors (Lipinski definition) is 4. The second-order valence-electron chi connectivity index (χ2n) is 1.43. The van der Waals surface area contributed by atoms with Gasteiger partial charge in [0.15, 0.2) is 6.54 Å². The molecule has 0 aromatic rings. The number of rotatable bonds is 2. The first kappa shape index (κ1) is 12.5. The second-order valence-corrected chi connectivity index (χ2v) is 1.43. The zero-order chi connectivity index (χ0) is 9.49. The summed E-state index contributed by atoms with van der Waals surface area (Å²) in [5, 5.41) is 39.3. The molecule has 0 amide bonds. The predicted molar refractivity (Wildman–Crippen MR) is 28.7 cm³/mol. The Labute approximate surface area is 62.1 Å². The van der Waals surface area contributed by atoms with Crippen LogP contribution in [-0.4, -0.2) is 38.4 Å². The maximum absolute atomic E-state index is 8.44. The normalized spacial score (nSPS) is 9.36. The average Bonchev–Trinajstić information content (AvgIpc) is 1.58. The Kier molecular flexibility index (Phi) is 6.40. The topological polar surface area (TPSA) is 121 Å². The van der Waals surface area contributed by atoms with E-state index < -0.39 is 11.1 Å². The van der Waals surface area contributed by atoms with E-state index in [4.69, 9.17) is 30.6 Å². The van der Waals surface area contributed by atoms with Crippen molar-refractivity contribution in [2.45, 2.75) is 0 Å². The van der Waals surface area contributed by atoms with Crippen molar-refractivity contribution in [1.82, 2.24) is 0 Å². The van der Waals surface area contributed by atoms with Crippen LogP contribution in [0, 0.1) is 0 Å². The van der Waals surface area contributed by atoms with Crippen molar-refractivity contribution in [2.24, 2.45) is 0 Å². The summed E-state index contributed by atoms with van der Waals surface area (Å²) in [6.07, 6.45) is -0.903. The van der Waals surface area contributed by atoms with Gasteiger partial charge in [-0.15, -0.1) is 15.6 Å². The summed E-state index contributed by atoms with van der Waals surface area (Å²) in [6.45, 7) is 2.86. The molecule has 0 bridgehead atoms. The molecule has 0 aromatic heterocycles. The molecule has 0 aliphatic rings. The van der Waals surface area contributed by atoms with E-state index in [2.05, 4.69) is 6.58 Å². The summed E-state index contributed by atoms with van der Waals surface area (Å²) in [6, 6.07) is 0. The van der Waals surface area contributed by atoms with Crippen molar-refractivity contribution >= 4 is 6.16 Å². The Morgan fingerprint density at radius 1 is 1.55 bits per heavy atom. The highest BCUT2D eigenvalue weighted by Gasteiger charge is 2.13. The first-order valence-electron chi connectivity index (χ1n) is 2.36. The maximum atomic E-state index is 8.44. The molecule has 0 atom stereocenters. The maximum Gasteiger partial charge on any atom is 0.249 e. The van der Waals surface area contributed by atoms with Crippen LogP contribution in [0.2, 0.25) is 0 Å². The molecule has 4 N–H and O–H groups in total. The quantitative estimate of drug-likeness (QED) is 0.239. The van der Waals surface area contributed by atoms with Gasteiger partial charge in [-0.05, 0) is 6.08 Å². The third-order valence-corrected chi connectivity index (χ3v) is 0.374. The molecule has 0 aliphatic heterocycles. The molecule has 7 heteroatoms. The Hall–Kier alpha value is -1.15. The van der Waals surface area contributed by atoms with E-state index in [0.717, 1.165) is 0 Å². The van der Waals surface area contributed by atoms with E-state index in [1.165, 1.54) is 6.08 Å². The number of hydrogen-bond acceptors (Lipinski definition) is 5. The first-order chi connectivity index (χ1) is 4.79. The molecule has 0 rings (SSSR count). The molecule has 0 unspecified atom stereocenters. The van der Waals surface area contributed by atoms with Crippen molar-refractivity contribution in [3.05, 3.63) is 12.7 Å². The summed E-state index contributed by atoms with van der Waals surface area (Å²) in [4.78, 5) is 6.42. The van der Waals surface area contributed by atoms with E-state index in [9.17, 15) is 0 Å². The summed E-state index contributed by atoms with van der Waals surface area (Å²) < 4.78 is 0. The number of carboxylic acid groups (broad SMARTS) is 2. The smallest absolute Gasteiger partial charge is 0.249 e. The summed E-state index contributed by atoms with van der Waals surface area (Å²) in [5.41, 5.74) is 0. The van der Waals surface area contributed by atoms with E-state index >= 15 is 0 Å². The van der Waals surface area contributed by atoms with Gasteiger partial charge in [0, 0.05) is 0 Å². The summed E-state index contributed by atoms with van der Waals surface area (Å²) in [7, 11) is 0. The van der Waals surface area contributed by atoms with Gasteiger partial charge in [-0.3, -0.25) is 0 Å². The largest absolute Gasteiger partial charge is 0.565 e. The molecule has 0 radical (unpaired) electrons.